The first-order valence-electron chi connectivity index (χ1n) is 9.17. The van der Waals surface area contributed by atoms with Crippen LogP contribution >= 0.6 is 11.6 Å². The summed E-state index contributed by atoms with van der Waals surface area (Å²) in [6.45, 7) is 7.54. The van der Waals surface area contributed by atoms with Gasteiger partial charge in [0.2, 0.25) is 11.8 Å². The molecule has 1 aromatic rings. The van der Waals surface area contributed by atoms with Crippen LogP contribution in [0, 0.1) is 0 Å². The zero-order valence-electron chi connectivity index (χ0n) is 15.7. The van der Waals surface area contributed by atoms with Gasteiger partial charge in [-0.05, 0) is 24.1 Å². The van der Waals surface area contributed by atoms with Crippen molar-refractivity contribution in [3.05, 3.63) is 34.9 Å². The van der Waals surface area contributed by atoms with Gasteiger partial charge < -0.3 is 10.2 Å². The van der Waals surface area contributed by atoms with Gasteiger partial charge in [-0.3, -0.25) is 19.4 Å². The second kappa shape index (κ2) is 10.5. The number of carbonyl (C=O) groups is 2. The molecular weight excluding hydrogens is 352 g/mol. The maximum Gasteiger partial charge on any atom is 0.239 e. The van der Waals surface area contributed by atoms with Crippen molar-refractivity contribution < 1.29 is 9.59 Å². The molecule has 0 aliphatic carbocycles. The van der Waals surface area contributed by atoms with Crippen molar-refractivity contribution in [2.24, 2.45) is 0 Å². The average Bonchev–Trinajstić information content (AvgIpc) is 2.61. The fourth-order valence-corrected chi connectivity index (χ4v) is 3.15. The number of benzene rings is 1. The SMILES string of the molecule is CCCNC(=O)CN(C)C(=O)CN1CCN(Cc2cccc(Cl)c2)CC1. The van der Waals surface area contributed by atoms with Gasteiger partial charge in [0.15, 0.2) is 0 Å². The van der Waals surface area contributed by atoms with Crippen molar-refractivity contribution >= 4 is 23.4 Å². The molecule has 1 aliphatic heterocycles. The Morgan fingerprint density at radius 3 is 2.54 bits per heavy atom. The highest BCUT2D eigenvalue weighted by Crippen LogP contribution is 2.14. The van der Waals surface area contributed by atoms with E-state index in [-0.39, 0.29) is 18.4 Å². The highest BCUT2D eigenvalue weighted by Gasteiger charge is 2.21. The molecule has 1 aliphatic rings. The Morgan fingerprint density at radius 1 is 1.19 bits per heavy atom. The topological polar surface area (TPSA) is 55.9 Å². The maximum absolute atomic E-state index is 12.3. The molecule has 0 aromatic heterocycles. The fourth-order valence-electron chi connectivity index (χ4n) is 2.93. The van der Waals surface area contributed by atoms with E-state index in [4.69, 9.17) is 11.6 Å². The third-order valence-corrected chi connectivity index (χ3v) is 4.73. The van der Waals surface area contributed by atoms with Crippen LogP contribution in [-0.2, 0) is 16.1 Å². The lowest BCUT2D eigenvalue weighted by Crippen LogP contribution is -2.50. The van der Waals surface area contributed by atoms with Crippen LogP contribution in [0.5, 0.6) is 0 Å². The van der Waals surface area contributed by atoms with Crippen molar-refractivity contribution in [1.82, 2.24) is 20.0 Å². The summed E-state index contributed by atoms with van der Waals surface area (Å²) in [5, 5.41) is 3.55. The van der Waals surface area contributed by atoms with Crippen LogP contribution in [0.15, 0.2) is 24.3 Å². The van der Waals surface area contributed by atoms with Crippen LogP contribution in [0.25, 0.3) is 0 Å². The predicted molar refractivity (Wildman–Crippen MR) is 104 cm³/mol. The number of likely N-dealkylation sites (N-methyl/N-ethyl adjacent to an activating group) is 1. The standard InChI is InChI=1S/C19H29ClN4O2/c1-3-7-21-18(25)14-22(2)19(26)15-24-10-8-23(9-11-24)13-16-5-4-6-17(20)12-16/h4-6,12H,3,7-11,13-15H2,1-2H3,(H,21,25). The molecule has 1 fully saturated rings. The zero-order chi connectivity index (χ0) is 18.9. The second-order valence-electron chi connectivity index (χ2n) is 6.78. The molecule has 1 heterocycles. The molecule has 0 spiro atoms. The number of nitrogens with one attached hydrogen (secondary N) is 1. The smallest absolute Gasteiger partial charge is 0.239 e. The number of rotatable bonds is 8. The van der Waals surface area contributed by atoms with Crippen molar-refractivity contribution in [3.8, 4) is 0 Å². The minimum atomic E-state index is -0.103. The zero-order valence-corrected chi connectivity index (χ0v) is 16.5. The Hall–Kier alpha value is -1.63. The molecule has 2 amide bonds. The van der Waals surface area contributed by atoms with Gasteiger partial charge in [-0.25, -0.2) is 0 Å². The lowest BCUT2D eigenvalue weighted by atomic mass is 10.2. The Morgan fingerprint density at radius 2 is 1.88 bits per heavy atom. The lowest BCUT2D eigenvalue weighted by molar-refractivity contribution is -0.136. The highest BCUT2D eigenvalue weighted by molar-refractivity contribution is 6.30. The summed E-state index contributed by atoms with van der Waals surface area (Å²) in [5.41, 5.74) is 1.21. The predicted octanol–water partition coefficient (Wildman–Crippen LogP) is 1.44. The number of amides is 2. The molecule has 1 N–H and O–H groups in total. The van der Waals surface area contributed by atoms with E-state index in [1.54, 1.807) is 7.05 Å². The molecule has 0 atom stereocenters. The molecule has 0 bridgehead atoms. The Bertz CT molecular complexity index is 603. The molecule has 1 saturated heterocycles. The molecular formula is C19H29ClN4O2. The molecule has 6 nitrogen and oxygen atoms in total. The van der Waals surface area contributed by atoms with Gasteiger partial charge in [-0.1, -0.05) is 30.7 Å². The molecule has 2 rings (SSSR count). The quantitative estimate of drug-likeness (QED) is 0.741. The summed E-state index contributed by atoms with van der Waals surface area (Å²) in [6, 6.07) is 7.93. The minimum Gasteiger partial charge on any atom is -0.355 e. The molecule has 0 unspecified atom stereocenters. The molecule has 1 aromatic carbocycles. The molecule has 7 heteroatoms. The summed E-state index contributed by atoms with van der Waals surface area (Å²) in [6.07, 6.45) is 0.892. The summed E-state index contributed by atoms with van der Waals surface area (Å²) < 4.78 is 0. The van der Waals surface area contributed by atoms with E-state index >= 15 is 0 Å². The van der Waals surface area contributed by atoms with Crippen molar-refractivity contribution in [1.29, 1.82) is 0 Å². The van der Waals surface area contributed by atoms with E-state index in [9.17, 15) is 9.59 Å². The van der Waals surface area contributed by atoms with Crippen molar-refractivity contribution in [3.63, 3.8) is 0 Å². The maximum atomic E-state index is 12.3. The number of hydrogen-bond donors (Lipinski definition) is 1. The van der Waals surface area contributed by atoms with Crippen molar-refractivity contribution in [2.75, 3.05) is 52.9 Å². The van der Waals surface area contributed by atoms with Crippen LogP contribution < -0.4 is 5.32 Å². The van der Waals surface area contributed by atoms with Crippen LogP contribution in [0.1, 0.15) is 18.9 Å². The van der Waals surface area contributed by atoms with E-state index in [1.165, 1.54) is 10.5 Å². The summed E-state index contributed by atoms with van der Waals surface area (Å²) in [4.78, 5) is 30.0. The monoisotopic (exact) mass is 380 g/mol. The second-order valence-corrected chi connectivity index (χ2v) is 7.22. The van der Waals surface area contributed by atoms with E-state index in [2.05, 4.69) is 21.2 Å². The first kappa shape index (κ1) is 20.7. The van der Waals surface area contributed by atoms with Crippen LogP contribution in [0.4, 0.5) is 0 Å². The highest BCUT2D eigenvalue weighted by atomic mass is 35.5. The Kier molecular flexibility index (Phi) is 8.35. The Balaban J connectivity index is 1.70. The third-order valence-electron chi connectivity index (χ3n) is 4.50. The molecule has 144 valence electrons. The first-order chi connectivity index (χ1) is 12.5. The van der Waals surface area contributed by atoms with Gasteiger partial charge in [0, 0.05) is 51.3 Å². The molecule has 0 saturated carbocycles. The van der Waals surface area contributed by atoms with Gasteiger partial charge in [0.1, 0.15) is 0 Å². The van der Waals surface area contributed by atoms with E-state index < -0.39 is 0 Å². The number of nitrogens with zero attached hydrogens (tertiary/aromatic N) is 3. The summed E-state index contributed by atoms with van der Waals surface area (Å²) in [7, 11) is 1.68. The molecule has 0 radical (unpaired) electrons. The fraction of sp³-hybridized carbons (Fsp3) is 0.579. The Labute approximate surface area is 161 Å². The van der Waals surface area contributed by atoms with Gasteiger partial charge >= 0.3 is 0 Å². The normalized spacial score (nSPS) is 15.7. The van der Waals surface area contributed by atoms with Crippen LogP contribution in [0.2, 0.25) is 5.02 Å². The van der Waals surface area contributed by atoms with Gasteiger partial charge in [-0.15, -0.1) is 0 Å². The number of carbonyl (C=O) groups excluding carboxylic acids is 2. The minimum absolute atomic E-state index is 0.0139. The lowest BCUT2D eigenvalue weighted by Gasteiger charge is -2.35. The average molecular weight is 381 g/mol. The number of hydrogen-bond acceptors (Lipinski definition) is 4. The third kappa shape index (κ3) is 6.94. The van der Waals surface area contributed by atoms with E-state index in [0.29, 0.717) is 13.1 Å². The first-order valence-corrected chi connectivity index (χ1v) is 9.55. The van der Waals surface area contributed by atoms with E-state index in [0.717, 1.165) is 44.2 Å². The number of piperazine rings is 1. The largest absolute Gasteiger partial charge is 0.355 e. The van der Waals surface area contributed by atoms with Gasteiger partial charge in [0.25, 0.3) is 0 Å². The van der Waals surface area contributed by atoms with Crippen LogP contribution in [-0.4, -0.2) is 79.4 Å². The summed E-state index contributed by atoms with van der Waals surface area (Å²) >= 11 is 6.04. The van der Waals surface area contributed by atoms with Crippen molar-refractivity contribution in [2.45, 2.75) is 19.9 Å². The molecule has 26 heavy (non-hydrogen) atoms. The van der Waals surface area contributed by atoms with Gasteiger partial charge in [-0.2, -0.15) is 0 Å². The van der Waals surface area contributed by atoms with E-state index in [1.807, 2.05) is 25.1 Å². The van der Waals surface area contributed by atoms with Crippen LogP contribution in [0.3, 0.4) is 0 Å². The number of halogens is 1. The summed E-state index contributed by atoms with van der Waals surface area (Å²) in [5.74, 6) is -0.117. The van der Waals surface area contributed by atoms with Gasteiger partial charge in [0.05, 0.1) is 13.1 Å².